The fourth-order valence-corrected chi connectivity index (χ4v) is 1.94. The molecule has 8 nitrogen and oxygen atoms in total. The zero-order valence-electron chi connectivity index (χ0n) is 15.2. The third kappa shape index (κ3) is 5.98. The van der Waals surface area contributed by atoms with Gasteiger partial charge in [0.1, 0.15) is 11.5 Å². The van der Waals surface area contributed by atoms with E-state index in [0.717, 1.165) is 0 Å². The molecule has 0 radical (unpaired) electrons. The van der Waals surface area contributed by atoms with E-state index in [1.165, 1.54) is 26.4 Å². The van der Waals surface area contributed by atoms with E-state index in [2.05, 4.69) is 0 Å². The summed E-state index contributed by atoms with van der Waals surface area (Å²) >= 11 is 0. The molecule has 8 heteroatoms. The van der Waals surface area contributed by atoms with Crippen LogP contribution in [-0.4, -0.2) is 32.4 Å². The Kier molecular flexibility index (Phi) is 7.60. The molecular formula is C19H20O8. The fourth-order valence-electron chi connectivity index (χ4n) is 1.94. The number of hydrogen-bond acceptors (Lipinski definition) is 8. The highest BCUT2D eigenvalue weighted by Crippen LogP contribution is 2.16. The van der Waals surface area contributed by atoms with Gasteiger partial charge >= 0.3 is 11.9 Å². The van der Waals surface area contributed by atoms with Crippen molar-refractivity contribution in [3.8, 4) is 11.5 Å². The minimum Gasteiger partial charge on any atom is -0.497 e. The third-order valence-electron chi connectivity index (χ3n) is 3.41. The molecule has 2 aromatic rings. The molecule has 27 heavy (non-hydrogen) atoms. The Balaban J connectivity index is 1.85. The summed E-state index contributed by atoms with van der Waals surface area (Å²) in [5.41, 5.74) is 0.468. The molecule has 144 valence electrons. The first kappa shape index (κ1) is 20.2. The molecule has 0 N–H and O–H groups in total. The van der Waals surface area contributed by atoms with Gasteiger partial charge in [0, 0.05) is 6.42 Å². The minimum atomic E-state index is -1.09. The third-order valence-corrected chi connectivity index (χ3v) is 3.41. The molecule has 0 aliphatic carbocycles. The number of methoxy groups -OCH3 is 2. The molecule has 2 rings (SSSR count). The van der Waals surface area contributed by atoms with E-state index in [4.69, 9.17) is 29.0 Å². The SMILES string of the molecule is CCC(OOC(=O)c1cccc(OC)c1)OOC(=O)c1cccc(OC)c1. The number of rotatable bonds is 9. The van der Waals surface area contributed by atoms with Crippen molar-refractivity contribution in [1.82, 2.24) is 0 Å². The minimum absolute atomic E-state index is 0.234. The van der Waals surface area contributed by atoms with Crippen LogP contribution in [0.5, 0.6) is 11.5 Å². The average molecular weight is 376 g/mol. The van der Waals surface area contributed by atoms with Gasteiger partial charge in [-0.2, -0.15) is 0 Å². The average Bonchev–Trinajstić information content (AvgIpc) is 2.73. The van der Waals surface area contributed by atoms with Gasteiger partial charge in [-0.25, -0.2) is 9.59 Å². The first-order chi connectivity index (χ1) is 13.1. The Labute approximate surface area is 156 Å². The van der Waals surface area contributed by atoms with Crippen molar-refractivity contribution in [2.75, 3.05) is 14.2 Å². The fraction of sp³-hybridized carbons (Fsp3) is 0.263. The second-order valence-electron chi connectivity index (χ2n) is 5.24. The van der Waals surface area contributed by atoms with Gasteiger partial charge in [-0.1, -0.05) is 19.1 Å². The molecule has 2 aromatic carbocycles. The van der Waals surface area contributed by atoms with E-state index in [0.29, 0.717) is 11.5 Å². The van der Waals surface area contributed by atoms with Crippen LogP contribution in [0.15, 0.2) is 48.5 Å². The van der Waals surface area contributed by atoms with Gasteiger partial charge in [0.05, 0.1) is 25.3 Å². The molecule has 0 aliphatic rings. The Morgan fingerprint density at radius 2 is 1.26 bits per heavy atom. The maximum absolute atomic E-state index is 12.0. The van der Waals surface area contributed by atoms with Gasteiger partial charge in [-0.15, -0.1) is 9.78 Å². The predicted octanol–water partition coefficient (Wildman–Crippen LogP) is 3.32. The van der Waals surface area contributed by atoms with Crippen LogP contribution in [-0.2, 0) is 19.6 Å². The Bertz CT molecular complexity index is 710. The van der Waals surface area contributed by atoms with E-state index in [9.17, 15) is 9.59 Å². The highest BCUT2D eigenvalue weighted by atomic mass is 17.3. The Morgan fingerprint density at radius 3 is 1.63 bits per heavy atom. The summed E-state index contributed by atoms with van der Waals surface area (Å²) in [7, 11) is 2.97. The summed E-state index contributed by atoms with van der Waals surface area (Å²) in [5.74, 6) is -0.481. The number of carbonyl (C=O) groups is 2. The molecular weight excluding hydrogens is 356 g/mol. The van der Waals surface area contributed by atoms with Crippen LogP contribution in [0.25, 0.3) is 0 Å². The van der Waals surface area contributed by atoms with Crippen LogP contribution in [0.2, 0.25) is 0 Å². The van der Waals surface area contributed by atoms with Gasteiger partial charge in [0.15, 0.2) is 0 Å². The number of hydrogen-bond donors (Lipinski definition) is 0. The first-order valence-electron chi connectivity index (χ1n) is 8.10. The number of benzene rings is 2. The molecule has 0 unspecified atom stereocenters. The molecule has 0 saturated carbocycles. The Hall–Kier alpha value is -3.10. The monoisotopic (exact) mass is 376 g/mol. The van der Waals surface area contributed by atoms with Gasteiger partial charge in [-0.3, -0.25) is 9.78 Å². The zero-order chi connectivity index (χ0) is 19.6. The van der Waals surface area contributed by atoms with Gasteiger partial charge in [0.25, 0.3) is 0 Å². The maximum atomic E-state index is 12.0. The topological polar surface area (TPSA) is 89.5 Å². The van der Waals surface area contributed by atoms with Crippen LogP contribution in [0, 0.1) is 0 Å². The summed E-state index contributed by atoms with van der Waals surface area (Å²) < 4.78 is 10.1. The van der Waals surface area contributed by atoms with Crippen LogP contribution in [0.3, 0.4) is 0 Å². The lowest BCUT2D eigenvalue weighted by Gasteiger charge is -2.13. The summed E-state index contributed by atoms with van der Waals surface area (Å²) in [6, 6.07) is 12.7. The van der Waals surface area contributed by atoms with Crippen molar-refractivity contribution in [1.29, 1.82) is 0 Å². The van der Waals surface area contributed by atoms with Crippen LogP contribution in [0.4, 0.5) is 0 Å². The second-order valence-corrected chi connectivity index (χ2v) is 5.24. The van der Waals surface area contributed by atoms with Crippen LogP contribution < -0.4 is 9.47 Å². The molecule has 0 amide bonds. The predicted molar refractivity (Wildman–Crippen MR) is 93.1 cm³/mol. The summed E-state index contributed by atoms with van der Waals surface area (Å²) in [5, 5.41) is 0. The molecule has 0 bridgehead atoms. The van der Waals surface area contributed by atoms with Gasteiger partial charge in [0.2, 0.25) is 6.29 Å². The van der Waals surface area contributed by atoms with Crippen LogP contribution >= 0.6 is 0 Å². The highest BCUT2D eigenvalue weighted by molar-refractivity contribution is 5.89. The molecule has 0 aromatic heterocycles. The second kappa shape index (κ2) is 10.1. The summed E-state index contributed by atoms with van der Waals surface area (Å²) in [6.07, 6.45) is -0.828. The molecule has 0 fully saturated rings. The van der Waals surface area contributed by atoms with Crippen molar-refractivity contribution in [3.05, 3.63) is 59.7 Å². The molecule has 0 saturated heterocycles. The summed E-state index contributed by atoms with van der Waals surface area (Å²) in [6.45, 7) is 1.70. The van der Waals surface area contributed by atoms with E-state index in [1.807, 2.05) is 0 Å². The smallest absolute Gasteiger partial charge is 0.373 e. The maximum Gasteiger partial charge on any atom is 0.373 e. The van der Waals surface area contributed by atoms with Gasteiger partial charge < -0.3 is 9.47 Å². The lowest BCUT2D eigenvalue weighted by atomic mass is 10.2. The van der Waals surface area contributed by atoms with Crippen molar-refractivity contribution in [3.63, 3.8) is 0 Å². The van der Waals surface area contributed by atoms with Crippen LogP contribution in [0.1, 0.15) is 34.1 Å². The molecule has 0 heterocycles. The lowest BCUT2D eigenvalue weighted by Crippen LogP contribution is -2.21. The van der Waals surface area contributed by atoms with Crippen molar-refractivity contribution in [2.24, 2.45) is 0 Å². The van der Waals surface area contributed by atoms with Gasteiger partial charge in [-0.05, 0) is 36.4 Å². The lowest BCUT2D eigenvalue weighted by molar-refractivity contribution is -0.420. The van der Waals surface area contributed by atoms with E-state index < -0.39 is 18.2 Å². The van der Waals surface area contributed by atoms with Crippen molar-refractivity contribution < 1.29 is 38.6 Å². The van der Waals surface area contributed by atoms with E-state index in [1.54, 1.807) is 43.3 Å². The number of carbonyl (C=O) groups excluding carboxylic acids is 2. The number of ether oxygens (including phenoxy) is 2. The van der Waals surface area contributed by atoms with E-state index in [-0.39, 0.29) is 17.5 Å². The Morgan fingerprint density at radius 1 is 0.815 bits per heavy atom. The van der Waals surface area contributed by atoms with Crippen molar-refractivity contribution in [2.45, 2.75) is 19.6 Å². The normalized spacial score (nSPS) is 10.4. The van der Waals surface area contributed by atoms with E-state index >= 15 is 0 Å². The summed E-state index contributed by atoms with van der Waals surface area (Å²) in [4.78, 5) is 43.2. The molecule has 0 spiro atoms. The largest absolute Gasteiger partial charge is 0.497 e. The van der Waals surface area contributed by atoms with Crippen molar-refractivity contribution >= 4 is 11.9 Å². The standard InChI is InChI=1S/C19H20O8/c1-4-17(24-26-18(20)13-7-5-9-15(11-13)22-2)25-27-19(21)14-8-6-10-16(12-14)23-3/h5-12,17H,4H2,1-3H3. The first-order valence-corrected chi connectivity index (χ1v) is 8.10. The highest BCUT2D eigenvalue weighted by Gasteiger charge is 2.18. The zero-order valence-corrected chi connectivity index (χ0v) is 15.2. The quantitative estimate of drug-likeness (QED) is 0.374. The molecule has 0 atom stereocenters. The molecule has 0 aliphatic heterocycles.